The van der Waals surface area contributed by atoms with E-state index in [2.05, 4.69) is 4.98 Å². The lowest BCUT2D eigenvalue weighted by Gasteiger charge is -2.12. The Hall–Kier alpha value is -3.35. The van der Waals surface area contributed by atoms with Crippen molar-refractivity contribution in [2.75, 3.05) is 6.61 Å². The highest BCUT2D eigenvalue weighted by atomic mass is 19.4. The summed E-state index contributed by atoms with van der Waals surface area (Å²) in [6.07, 6.45) is -2.39. The van der Waals surface area contributed by atoms with Crippen LogP contribution in [0, 0.1) is 0 Å². The number of pyridine rings is 1. The molecule has 0 amide bonds. The largest absolute Gasteiger partial charge is 0.484 e. The number of alkyl halides is 3. The number of nitrogens with zero attached hydrogens (tertiary/aromatic N) is 1. The average molecular weight is 387 g/mol. The molecule has 0 aliphatic carbocycles. The Morgan fingerprint density at radius 1 is 0.929 bits per heavy atom. The Morgan fingerprint density at radius 2 is 1.71 bits per heavy atom. The highest BCUT2D eigenvalue weighted by Gasteiger charge is 2.28. The molecule has 0 saturated heterocycles. The van der Waals surface area contributed by atoms with Crippen LogP contribution in [-0.2, 0) is 6.61 Å². The first-order chi connectivity index (χ1) is 13.4. The van der Waals surface area contributed by atoms with Gasteiger partial charge in [-0.25, -0.2) is 4.98 Å². The third kappa shape index (κ3) is 5.57. The van der Waals surface area contributed by atoms with E-state index in [9.17, 15) is 18.0 Å². The Balaban J connectivity index is 1.74. The predicted octanol–water partition coefficient (Wildman–Crippen LogP) is 5.08. The van der Waals surface area contributed by atoms with Crippen LogP contribution in [-0.4, -0.2) is 24.1 Å². The molecule has 0 fully saturated rings. The quantitative estimate of drug-likeness (QED) is 0.531. The minimum absolute atomic E-state index is 0.0404. The van der Waals surface area contributed by atoms with Crippen molar-refractivity contribution >= 4 is 6.29 Å². The molecule has 7 heteroatoms. The number of ether oxygens (including phenoxy) is 2. The monoisotopic (exact) mass is 387 g/mol. The number of benzene rings is 2. The molecule has 0 N–H and O–H groups in total. The zero-order chi connectivity index (χ0) is 20.0. The van der Waals surface area contributed by atoms with E-state index in [1.807, 2.05) is 30.3 Å². The SMILES string of the molecule is O=Cc1cc(OCC(F)(F)F)cc(-c2ccc(OCc3ccccc3)nc2)c1. The molecule has 0 bridgehead atoms. The van der Waals surface area contributed by atoms with Crippen molar-refractivity contribution in [3.8, 4) is 22.8 Å². The summed E-state index contributed by atoms with van der Waals surface area (Å²) in [4.78, 5) is 15.3. The van der Waals surface area contributed by atoms with E-state index in [-0.39, 0.29) is 11.3 Å². The van der Waals surface area contributed by atoms with Crippen LogP contribution >= 0.6 is 0 Å². The number of hydrogen-bond acceptors (Lipinski definition) is 4. The van der Waals surface area contributed by atoms with Crippen molar-refractivity contribution in [2.24, 2.45) is 0 Å². The molecule has 0 radical (unpaired) electrons. The lowest BCUT2D eigenvalue weighted by molar-refractivity contribution is -0.153. The third-order valence-corrected chi connectivity index (χ3v) is 3.77. The molecule has 2 aromatic carbocycles. The molecule has 144 valence electrons. The van der Waals surface area contributed by atoms with Crippen molar-refractivity contribution in [1.82, 2.24) is 4.98 Å². The summed E-state index contributed by atoms with van der Waals surface area (Å²) in [7, 11) is 0. The van der Waals surface area contributed by atoms with Crippen molar-refractivity contribution in [3.05, 3.63) is 78.0 Å². The first-order valence-corrected chi connectivity index (χ1v) is 8.36. The van der Waals surface area contributed by atoms with E-state index in [1.165, 1.54) is 18.3 Å². The van der Waals surface area contributed by atoms with E-state index in [1.54, 1.807) is 18.2 Å². The van der Waals surface area contributed by atoms with Gasteiger partial charge in [0.2, 0.25) is 5.88 Å². The second kappa shape index (κ2) is 8.56. The van der Waals surface area contributed by atoms with Crippen LogP contribution in [0.3, 0.4) is 0 Å². The van der Waals surface area contributed by atoms with Gasteiger partial charge in [-0.05, 0) is 35.4 Å². The van der Waals surface area contributed by atoms with Gasteiger partial charge in [0.1, 0.15) is 18.6 Å². The maximum atomic E-state index is 12.4. The van der Waals surface area contributed by atoms with Gasteiger partial charge in [-0.1, -0.05) is 30.3 Å². The molecule has 0 aliphatic heterocycles. The van der Waals surface area contributed by atoms with E-state index in [0.29, 0.717) is 29.9 Å². The molecular weight excluding hydrogens is 371 g/mol. The summed E-state index contributed by atoms with van der Waals surface area (Å²) in [5.41, 5.74) is 2.34. The zero-order valence-corrected chi connectivity index (χ0v) is 14.6. The van der Waals surface area contributed by atoms with Crippen molar-refractivity contribution in [1.29, 1.82) is 0 Å². The maximum Gasteiger partial charge on any atom is 0.422 e. The molecule has 0 atom stereocenters. The lowest BCUT2D eigenvalue weighted by Crippen LogP contribution is -2.19. The molecule has 0 unspecified atom stereocenters. The second-order valence-corrected chi connectivity index (χ2v) is 5.97. The molecule has 0 aliphatic rings. The fourth-order valence-corrected chi connectivity index (χ4v) is 2.47. The van der Waals surface area contributed by atoms with Gasteiger partial charge in [-0.2, -0.15) is 13.2 Å². The van der Waals surface area contributed by atoms with E-state index < -0.39 is 12.8 Å². The summed E-state index contributed by atoms with van der Waals surface area (Å²) >= 11 is 0. The minimum Gasteiger partial charge on any atom is -0.484 e. The fourth-order valence-electron chi connectivity index (χ4n) is 2.47. The Labute approximate surface area is 159 Å². The zero-order valence-electron chi connectivity index (χ0n) is 14.6. The molecular formula is C21H16F3NO3. The van der Waals surface area contributed by atoms with Crippen LogP contribution in [0.4, 0.5) is 13.2 Å². The van der Waals surface area contributed by atoms with Gasteiger partial charge >= 0.3 is 6.18 Å². The molecule has 0 saturated carbocycles. The summed E-state index contributed by atoms with van der Waals surface area (Å²) in [6, 6.07) is 17.2. The lowest BCUT2D eigenvalue weighted by atomic mass is 10.0. The first-order valence-electron chi connectivity index (χ1n) is 8.36. The van der Waals surface area contributed by atoms with Crippen LogP contribution in [0.25, 0.3) is 11.1 Å². The molecule has 0 spiro atoms. The Morgan fingerprint density at radius 3 is 2.36 bits per heavy atom. The van der Waals surface area contributed by atoms with Crippen LogP contribution in [0.1, 0.15) is 15.9 Å². The van der Waals surface area contributed by atoms with Crippen LogP contribution in [0.2, 0.25) is 0 Å². The molecule has 3 aromatic rings. The third-order valence-electron chi connectivity index (χ3n) is 3.77. The standard InChI is InChI=1S/C21H16F3NO3/c22-21(23,24)14-28-19-9-16(12-26)8-18(10-19)17-6-7-20(25-11-17)27-13-15-4-2-1-3-5-15/h1-12H,13-14H2. The number of carbonyl (C=O) groups is 1. The van der Waals surface area contributed by atoms with E-state index in [4.69, 9.17) is 9.47 Å². The summed E-state index contributed by atoms with van der Waals surface area (Å²) < 4.78 is 47.5. The molecule has 4 nitrogen and oxygen atoms in total. The number of aromatic nitrogens is 1. The maximum absolute atomic E-state index is 12.4. The molecule has 3 rings (SSSR count). The number of hydrogen-bond donors (Lipinski definition) is 0. The smallest absolute Gasteiger partial charge is 0.422 e. The Kier molecular flexibility index (Phi) is 5.93. The average Bonchev–Trinajstić information content (AvgIpc) is 2.71. The topological polar surface area (TPSA) is 48.4 Å². The van der Waals surface area contributed by atoms with Gasteiger partial charge < -0.3 is 9.47 Å². The van der Waals surface area contributed by atoms with Crippen LogP contribution in [0.15, 0.2) is 66.9 Å². The van der Waals surface area contributed by atoms with Gasteiger partial charge in [0.05, 0.1) is 0 Å². The van der Waals surface area contributed by atoms with E-state index >= 15 is 0 Å². The highest BCUT2D eigenvalue weighted by molar-refractivity contribution is 5.80. The summed E-state index contributed by atoms with van der Waals surface area (Å²) in [5, 5.41) is 0. The highest BCUT2D eigenvalue weighted by Crippen LogP contribution is 2.27. The van der Waals surface area contributed by atoms with Crippen molar-refractivity contribution in [2.45, 2.75) is 12.8 Å². The number of halogens is 3. The van der Waals surface area contributed by atoms with Gasteiger partial charge in [0, 0.05) is 23.4 Å². The van der Waals surface area contributed by atoms with Crippen LogP contribution < -0.4 is 9.47 Å². The van der Waals surface area contributed by atoms with Crippen molar-refractivity contribution in [3.63, 3.8) is 0 Å². The normalized spacial score (nSPS) is 11.1. The number of carbonyl (C=O) groups excluding carboxylic acids is 1. The van der Waals surface area contributed by atoms with Gasteiger partial charge in [-0.3, -0.25) is 4.79 Å². The van der Waals surface area contributed by atoms with Gasteiger partial charge in [0.25, 0.3) is 0 Å². The van der Waals surface area contributed by atoms with E-state index in [0.717, 1.165) is 5.56 Å². The number of rotatable bonds is 7. The minimum atomic E-state index is -4.46. The first kappa shape index (κ1) is 19.4. The second-order valence-electron chi connectivity index (χ2n) is 5.97. The van der Waals surface area contributed by atoms with Gasteiger partial charge in [0.15, 0.2) is 6.61 Å². The number of aldehydes is 1. The molecule has 28 heavy (non-hydrogen) atoms. The summed E-state index contributed by atoms with van der Waals surface area (Å²) in [6.45, 7) is -1.07. The van der Waals surface area contributed by atoms with Gasteiger partial charge in [-0.15, -0.1) is 0 Å². The Bertz CT molecular complexity index is 926. The molecule has 1 heterocycles. The van der Waals surface area contributed by atoms with Crippen molar-refractivity contribution < 1.29 is 27.4 Å². The summed E-state index contributed by atoms with van der Waals surface area (Å²) in [5.74, 6) is 0.369. The van der Waals surface area contributed by atoms with Crippen LogP contribution in [0.5, 0.6) is 11.6 Å². The predicted molar refractivity (Wildman–Crippen MR) is 97.4 cm³/mol. The molecule has 1 aromatic heterocycles. The fraction of sp³-hybridized carbons (Fsp3) is 0.143.